The molecule has 3 aromatic rings. The van der Waals surface area contributed by atoms with Crippen molar-refractivity contribution in [2.75, 3.05) is 18.6 Å². The molecule has 3 fully saturated rings. The molecule has 0 radical (unpaired) electrons. The number of hydrogen-bond acceptors (Lipinski definition) is 6. The third kappa shape index (κ3) is 3.66. The number of amides is 1. The average molecular weight is 525 g/mol. The van der Waals surface area contributed by atoms with Gasteiger partial charge in [-0.1, -0.05) is 24.3 Å². The van der Waals surface area contributed by atoms with E-state index in [9.17, 15) is 9.59 Å². The summed E-state index contributed by atoms with van der Waals surface area (Å²) in [5, 5.41) is 1.02. The number of benzene rings is 2. The molecule has 2 saturated carbocycles. The SMILES string of the molecule is CN(C(=O)c1cc2cc([C@H]3CCOC(C)(C)C3)ccc2n1C1(C2=NC(=C=O)ON2)CC12CC2)c1ccccc1. The Bertz CT molecular complexity index is 1580. The van der Waals surface area contributed by atoms with E-state index in [0.717, 1.165) is 55.3 Å². The van der Waals surface area contributed by atoms with E-state index < -0.39 is 5.54 Å². The number of aliphatic imine (C=N–C) groups is 1. The number of nitrogens with zero attached hydrogens (tertiary/aromatic N) is 3. The van der Waals surface area contributed by atoms with Gasteiger partial charge in [0.2, 0.25) is 0 Å². The number of rotatable bonds is 5. The molecule has 4 aliphatic rings. The maximum atomic E-state index is 14.2. The maximum Gasteiger partial charge on any atom is 0.332 e. The lowest BCUT2D eigenvalue weighted by Crippen LogP contribution is -2.40. The lowest BCUT2D eigenvalue weighted by Gasteiger charge is -2.35. The minimum absolute atomic E-state index is 0.00374. The highest BCUT2D eigenvalue weighted by molar-refractivity contribution is 6.09. The first-order valence-corrected chi connectivity index (χ1v) is 13.7. The zero-order valence-corrected chi connectivity index (χ0v) is 22.5. The molecule has 39 heavy (non-hydrogen) atoms. The predicted molar refractivity (Wildman–Crippen MR) is 148 cm³/mol. The van der Waals surface area contributed by atoms with E-state index in [1.165, 1.54) is 5.56 Å². The van der Waals surface area contributed by atoms with E-state index in [1.54, 1.807) is 10.8 Å². The number of hydrogen-bond donors (Lipinski definition) is 1. The van der Waals surface area contributed by atoms with E-state index >= 15 is 0 Å². The van der Waals surface area contributed by atoms with Crippen molar-refractivity contribution in [3.8, 4) is 0 Å². The molecule has 2 aromatic carbocycles. The molecule has 200 valence electrons. The Morgan fingerprint density at radius 2 is 1.95 bits per heavy atom. The highest BCUT2D eigenvalue weighted by atomic mass is 16.7. The third-order valence-corrected chi connectivity index (χ3v) is 9.18. The van der Waals surface area contributed by atoms with Gasteiger partial charge < -0.3 is 19.0 Å². The van der Waals surface area contributed by atoms with Gasteiger partial charge in [0.15, 0.2) is 11.8 Å². The minimum atomic E-state index is -0.585. The van der Waals surface area contributed by atoms with Gasteiger partial charge in [-0.25, -0.2) is 10.3 Å². The van der Waals surface area contributed by atoms with Crippen molar-refractivity contribution in [3.63, 3.8) is 0 Å². The van der Waals surface area contributed by atoms with E-state index in [2.05, 4.69) is 47.1 Å². The summed E-state index contributed by atoms with van der Waals surface area (Å²) in [4.78, 5) is 37.0. The first-order valence-electron chi connectivity index (χ1n) is 13.7. The number of amidine groups is 1. The van der Waals surface area contributed by atoms with Crippen LogP contribution in [0.2, 0.25) is 0 Å². The molecule has 1 amide bonds. The van der Waals surface area contributed by atoms with Crippen molar-refractivity contribution in [1.29, 1.82) is 0 Å². The van der Waals surface area contributed by atoms with Crippen LogP contribution in [0.15, 0.2) is 65.5 Å². The zero-order valence-electron chi connectivity index (χ0n) is 22.5. The molecule has 1 unspecified atom stereocenters. The normalized spacial score (nSPS) is 26.0. The second-order valence-electron chi connectivity index (χ2n) is 12.1. The van der Waals surface area contributed by atoms with Gasteiger partial charge in [-0.15, -0.1) is 0 Å². The largest absolute Gasteiger partial charge is 0.376 e. The molecule has 1 aromatic heterocycles. The smallest absolute Gasteiger partial charge is 0.332 e. The fourth-order valence-electron chi connectivity index (χ4n) is 6.92. The van der Waals surface area contributed by atoms with E-state index in [0.29, 0.717) is 17.4 Å². The van der Waals surface area contributed by atoms with Crippen molar-refractivity contribution in [1.82, 2.24) is 10.0 Å². The fourth-order valence-corrected chi connectivity index (χ4v) is 6.92. The highest BCUT2D eigenvalue weighted by Gasteiger charge is 2.79. The monoisotopic (exact) mass is 524 g/mol. The summed E-state index contributed by atoms with van der Waals surface area (Å²) in [7, 11) is 1.81. The Morgan fingerprint density at radius 3 is 2.62 bits per heavy atom. The van der Waals surface area contributed by atoms with Gasteiger partial charge in [-0.05, 0) is 87.8 Å². The van der Waals surface area contributed by atoms with Crippen molar-refractivity contribution in [2.24, 2.45) is 10.4 Å². The van der Waals surface area contributed by atoms with Crippen molar-refractivity contribution in [3.05, 3.63) is 71.7 Å². The van der Waals surface area contributed by atoms with Crippen molar-refractivity contribution < 1.29 is 19.2 Å². The highest BCUT2D eigenvalue weighted by Crippen LogP contribution is 2.78. The van der Waals surface area contributed by atoms with Gasteiger partial charge in [0, 0.05) is 35.7 Å². The van der Waals surface area contributed by atoms with Gasteiger partial charge in [0.25, 0.3) is 5.91 Å². The minimum Gasteiger partial charge on any atom is -0.376 e. The summed E-state index contributed by atoms with van der Waals surface area (Å²) in [6.07, 6.45) is 4.82. The summed E-state index contributed by atoms with van der Waals surface area (Å²) >= 11 is 0. The number of carbonyl (C=O) groups is 1. The van der Waals surface area contributed by atoms with Gasteiger partial charge in [-0.2, -0.15) is 4.99 Å². The summed E-state index contributed by atoms with van der Waals surface area (Å²) in [6, 6.07) is 18.3. The number of ether oxygens (including phenoxy) is 1. The number of aromatic nitrogens is 1. The Labute approximate surface area is 227 Å². The average Bonchev–Trinajstić information content (AvgIpc) is 3.71. The van der Waals surface area contributed by atoms with E-state index in [4.69, 9.17) is 9.57 Å². The molecule has 7 rings (SSSR count). The quantitative estimate of drug-likeness (QED) is 0.471. The van der Waals surface area contributed by atoms with Crippen LogP contribution in [0.25, 0.3) is 10.9 Å². The predicted octanol–water partition coefficient (Wildman–Crippen LogP) is 5.08. The fraction of sp³-hybridized carbons (Fsp3) is 0.419. The number of nitrogens with one attached hydrogen (secondary N) is 1. The molecule has 3 heterocycles. The number of anilines is 1. The second-order valence-corrected chi connectivity index (χ2v) is 12.1. The topological polar surface area (TPSA) is 85.2 Å². The standard InChI is InChI=1S/C31H32N4O4/c1-29(2)17-21(11-14-38-29)20-9-10-24-22(15-20)16-25(27(37)34(3)23-7-5-4-6-8-23)35(24)31(19-30(31)12-13-30)28-32-26(18-36)39-33-28/h4-10,15-16,21H,11-14,17,19H2,1-3H3,(H,32,33)/t21-,31?/m0/s1. The molecule has 1 N–H and O–H groups in total. The molecular weight excluding hydrogens is 492 g/mol. The molecule has 2 aliphatic heterocycles. The van der Waals surface area contributed by atoms with Crippen molar-refractivity contribution in [2.45, 2.75) is 63.0 Å². The molecule has 8 nitrogen and oxygen atoms in total. The lowest BCUT2D eigenvalue weighted by atomic mass is 9.83. The summed E-state index contributed by atoms with van der Waals surface area (Å²) in [6.45, 7) is 5.04. The Morgan fingerprint density at radius 1 is 1.15 bits per heavy atom. The van der Waals surface area contributed by atoms with Gasteiger partial charge in [0.1, 0.15) is 11.2 Å². The Kier molecular flexibility index (Phi) is 5.16. The van der Waals surface area contributed by atoms with Crippen LogP contribution < -0.4 is 10.4 Å². The van der Waals surface area contributed by atoms with E-state index in [1.807, 2.05) is 43.4 Å². The first kappa shape index (κ1) is 24.2. The van der Waals surface area contributed by atoms with Gasteiger partial charge >= 0.3 is 5.88 Å². The molecule has 2 atom stereocenters. The number of fused-ring (bicyclic) bond motifs is 1. The van der Waals surface area contributed by atoms with Crippen LogP contribution in [0.3, 0.4) is 0 Å². The Hall–Kier alpha value is -3.87. The van der Waals surface area contributed by atoms with E-state index in [-0.39, 0.29) is 22.8 Å². The molecular formula is C31H32N4O4. The molecule has 1 spiro atoms. The lowest BCUT2D eigenvalue weighted by molar-refractivity contribution is -0.0592. The van der Waals surface area contributed by atoms with Crippen LogP contribution in [0.4, 0.5) is 5.69 Å². The van der Waals surface area contributed by atoms with Gasteiger partial charge in [-0.3, -0.25) is 4.79 Å². The molecule has 2 aliphatic carbocycles. The summed E-state index contributed by atoms with van der Waals surface area (Å²) in [5.41, 5.74) is 5.81. The molecule has 0 bridgehead atoms. The zero-order chi connectivity index (χ0) is 27.0. The summed E-state index contributed by atoms with van der Waals surface area (Å²) < 4.78 is 8.13. The second kappa shape index (κ2) is 8.31. The Balaban J connectivity index is 1.39. The number of para-hydroxylation sites is 1. The molecule has 1 saturated heterocycles. The molecule has 8 heteroatoms. The van der Waals surface area contributed by atoms with Crippen LogP contribution in [0.5, 0.6) is 0 Å². The first-order chi connectivity index (χ1) is 18.8. The van der Waals surface area contributed by atoms with Crippen LogP contribution in [-0.2, 0) is 19.9 Å². The maximum absolute atomic E-state index is 14.2. The number of hydroxylamine groups is 1. The van der Waals surface area contributed by atoms with Crippen LogP contribution in [-0.4, -0.2) is 41.5 Å². The van der Waals surface area contributed by atoms with Crippen molar-refractivity contribution >= 4 is 34.3 Å². The van der Waals surface area contributed by atoms with Crippen LogP contribution in [0, 0.1) is 5.41 Å². The van der Waals surface area contributed by atoms with Gasteiger partial charge in [0.05, 0.1) is 5.60 Å². The summed E-state index contributed by atoms with van der Waals surface area (Å²) in [5.74, 6) is 2.51. The third-order valence-electron chi connectivity index (χ3n) is 9.18. The van der Waals surface area contributed by atoms with Crippen LogP contribution in [0.1, 0.15) is 67.9 Å². The number of carbonyl (C=O) groups excluding carboxylic acids is 2. The van der Waals surface area contributed by atoms with Crippen LogP contribution >= 0.6 is 0 Å².